The molecule has 1 saturated heterocycles. The molecule has 1 aliphatic rings. The smallest absolute Gasteiger partial charge is 0.410 e. The minimum absolute atomic E-state index is 0.279. The Labute approximate surface area is 189 Å². The van der Waals surface area contributed by atoms with Crippen LogP contribution in [0.3, 0.4) is 0 Å². The lowest BCUT2D eigenvalue weighted by molar-refractivity contribution is 0.134. The number of tetrazole rings is 1. The number of thioether (sulfide) groups is 2. The zero-order valence-electron chi connectivity index (χ0n) is 17.5. The van der Waals surface area contributed by atoms with Crippen LogP contribution >= 0.6 is 23.5 Å². The third kappa shape index (κ3) is 5.79. The van der Waals surface area contributed by atoms with Crippen molar-refractivity contribution < 1.29 is 9.53 Å². The van der Waals surface area contributed by atoms with Crippen molar-refractivity contribution in [1.82, 2.24) is 34.7 Å². The van der Waals surface area contributed by atoms with Gasteiger partial charge in [-0.05, 0) is 46.9 Å². The van der Waals surface area contributed by atoms with Crippen molar-refractivity contribution in [1.29, 1.82) is 0 Å². The first-order valence-electron chi connectivity index (χ1n) is 10.1. The third-order valence-corrected chi connectivity index (χ3v) is 7.55. The molecule has 3 aromatic rings. The number of hydrogen-bond donors (Lipinski definition) is 0. The predicted octanol–water partition coefficient (Wildman–Crippen LogP) is 3.24. The van der Waals surface area contributed by atoms with E-state index in [0.29, 0.717) is 24.8 Å². The number of rotatable bonds is 7. The number of imidazole rings is 1. The number of aromatic nitrogens is 6. The SMILES string of the molecule is Cn1ccnc1SCc1ccc(OC(=O)N2CCC(CSc3nnnn3C)CC2)cc1. The maximum absolute atomic E-state index is 12.5. The standard InChI is InChI=1S/C20H25N7O2S2/c1-25-12-9-21-18(25)30-13-15-3-5-17(6-4-15)29-20(28)27-10-7-16(8-11-27)14-31-19-22-23-24-26(19)2/h3-6,9,12,16H,7-8,10-11,13-14H2,1-2H3. The highest BCUT2D eigenvalue weighted by atomic mass is 32.2. The van der Waals surface area contributed by atoms with Gasteiger partial charge in [-0.1, -0.05) is 35.7 Å². The summed E-state index contributed by atoms with van der Waals surface area (Å²) in [6, 6.07) is 7.68. The summed E-state index contributed by atoms with van der Waals surface area (Å²) < 4.78 is 9.25. The number of piperidine rings is 1. The van der Waals surface area contributed by atoms with Crippen LogP contribution in [0.1, 0.15) is 18.4 Å². The van der Waals surface area contributed by atoms with Crippen molar-refractivity contribution in [2.75, 3.05) is 18.8 Å². The number of carbonyl (C=O) groups excluding carboxylic acids is 1. The molecule has 4 rings (SSSR count). The zero-order valence-corrected chi connectivity index (χ0v) is 19.2. The molecule has 1 aliphatic heterocycles. The van der Waals surface area contributed by atoms with Gasteiger partial charge in [-0.3, -0.25) is 0 Å². The lowest BCUT2D eigenvalue weighted by atomic mass is 9.99. The Hall–Kier alpha value is -2.53. The molecule has 2 aromatic heterocycles. The number of amides is 1. The van der Waals surface area contributed by atoms with Gasteiger partial charge in [0.2, 0.25) is 5.16 Å². The van der Waals surface area contributed by atoms with E-state index in [4.69, 9.17) is 4.74 Å². The maximum atomic E-state index is 12.5. The molecule has 0 unspecified atom stereocenters. The van der Waals surface area contributed by atoms with Crippen LogP contribution in [0.5, 0.6) is 5.75 Å². The number of aryl methyl sites for hydroxylation is 2. The highest BCUT2D eigenvalue weighted by Crippen LogP contribution is 2.26. The quantitative estimate of drug-likeness (QED) is 0.498. The van der Waals surface area contributed by atoms with E-state index < -0.39 is 0 Å². The molecule has 0 aliphatic carbocycles. The van der Waals surface area contributed by atoms with Gasteiger partial charge < -0.3 is 14.2 Å². The van der Waals surface area contributed by atoms with Crippen LogP contribution < -0.4 is 4.74 Å². The number of nitrogens with zero attached hydrogens (tertiary/aromatic N) is 7. The Morgan fingerprint density at radius 2 is 1.90 bits per heavy atom. The van der Waals surface area contributed by atoms with Gasteiger partial charge in [-0.15, -0.1) is 5.10 Å². The number of hydrogen-bond acceptors (Lipinski definition) is 8. The van der Waals surface area contributed by atoms with Crippen molar-refractivity contribution in [2.24, 2.45) is 20.0 Å². The molecule has 0 saturated carbocycles. The summed E-state index contributed by atoms with van der Waals surface area (Å²) in [4.78, 5) is 18.6. The third-order valence-electron chi connectivity index (χ3n) is 5.18. The predicted molar refractivity (Wildman–Crippen MR) is 119 cm³/mol. The van der Waals surface area contributed by atoms with Crippen LogP contribution in [0, 0.1) is 5.92 Å². The van der Waals surface area contributed by atoms with Gasteiger partial charge in [0, 0.05) is 51.1 Å². The van der Waals surface area contributed by atoms with Crippen molar-refractivity contribution in [3.63, 3.8) is 0 Å². The van der Waals surface area contributed by atoms with Crippen molar-refractivity contribution in [2.45, 2.75) is 28.9 Å². The second kappa shape index (κ2) is 10.2. The lowest BCUT2D eigenvalue weighted by Gasteiger charge is -2.30. The van der Waals surface area contributed by atoms with E-state index in [0.717, 1.165) is 40.2 Å². The molecular weight excluding hydrogens is 434 g/mol. The van der Waals surface area contributed by atoms with Gasteiger partial charge in [0.1, 0.15) is 5.75 Å². The largest absolute Gasteiger partial charge is 0.415 e. The lowest BCUT2D eigenvalue weighted by Crippen LogP contribution is -2.40. The summed E-state index contributed by atoms with van der Waals surface area (Å²) >= 11 is 3.34. The molecule has 1 amide bonds. The van der Waals surface area contributed by atoms with Gasteiger partial charge in [0.05, 0.1) is 0 Å². The Morgan fingerprint density at radius 3 is 2.55 bits per heavy atom. The monoisotopic (exact) mass is 459 g/mol. The number of benzene rings is 1. The fourth-order valence-electron chi connectivity index (χ4n) is 3.28. The Morgan fingerprint density at radius 1 is 1.13 bits per heavy atom. The fourth-order valence-corrected chi connectivity index (χ4v) is 5.20. The minimum Gasteiger partial charge on any atom is -0.410 e. The topological polar surface area (TPSA) is 91.0 Å². The molecule has 31 heavy (non-hydrogen) atoms. The highest BCUT2D eigenvalue weighted by molar-refractivity contribution is 7.99. The van der Waals surface area contributed by atoms with Crippen LogP contribution in [0.15, 0.2) is 47.0 Å². The van der Waals surface area contributed by atoms with Gasteiger partial charge in [-0.2, -0.15) is 0 Å². The molecule has 1 aromatic carbocycles. The van der Waals surface area contributed by atoms with E-state index in [2.05, 4.69) is 20.5 Å². The minimum atomic E-state index is -0.279. The summed E-state index contributed by atoms with van der Waals surface area (Å²) in [5.74, 6) is 2.88. The van der Waals surface area contributed by atoms with Gasteiger partial charge in [0.15, 0.2) is 5.16 Å². The first kappa shape index (κ1) is 21.7. The molecule has 1 fully saturated rings. The zero-order chi connectivity index (χ0) is 21.6. The second-order valence-corrected chi connectivity index (χ2v) is 9.38. The normalized spacial score (nSPS) is 14.7. The van der Waals surface area contributed by atoms with E-state index in [-0.39, 0.29) is 6.09 Å². The summed E-state index contributed by atoms with van der Waals surface area (Å²) in [7, 11) is 3.82. The Balaban J connectivity index is 1.20. The molecule has 9 nitrogen and oxygen atoms in total. The van der Waals surface area contributed by atoms with Crippen molar-refractivity contribution >= 4 is 29.6 Å². The molecule has 0 radical (unpaired) electrons. The van der Waals surface area contributed by atoms with Gasteiger partial charge in [-0.25, -0.2) is 14.5 Å². The molecule has 0 atom stereocenters. The first-order valence-corrected chi connectivity index (χ1v) is 12.1. The summed E-state index contributed by atoms with van der Waals surface area (Å²) in [6.45, 7) is 1.42. The number of likely N-dealkylation sites (tertiary alicyclic amines) is 1. The van der Waals surface area contributed by atoms with Crippen LogP contribution in [-0.2, 0) is 19.8 Å². The van der Waals surface area contributed by atoms with E-state index in [1.807, 2.05) is 49.1 Å². The molecule has 3 heterocycles. The molecule has 0 bridgehead atoms. The summed E-state index contributed by atoms with van der Waals surface area (Å²) in [6.07, 6.45) is 5.36. The van der Waals surface area contributed by atoms with E-state index >= 15 is 0 Å². The van der Waals surface area contributed by atoms with Gasteiger partial charge in [0.25, 0.3) is 0 Å². The molecule has 11 heteroatoms. The van der Waals surface area contributed by atoms with Crippen LogP contribution in [0.2, 0.25) is 0 Å². The molecule has 0 N–H and O–H groups in total. The number of ether oxygens (including phenoxy) is 1. The molecular formula is C20H25N7O2S2. The fraction of sp³-hybridized carbons (Fsp3) is 0.450. The highest BCUT2D eigenvalue weighted by Gasteiger charge is 2.24. The molecule has 0 spiro atoms. The van der Waals surface area contributed by atoms with Crippen LogP contribution in [0.4, 0.5) is 4.79 Å². The Bertz CT molecular complexity index is 997. The van der Waals surface area contributed by atoms with Crippen LogP contribution in [0.25, 0.3) is 0 Å². The van der Waals surface area contributed by atoms with Crippen molar-refractivity contribution in [3.05, 3.63) is 42.2 Å². The second-order valence-electron chi connectivity index (χ2n) is 7.45. The Kier molecular flexibility index (Phi) is 7.13. The number of carbonyl (C=O) groups is 1. The summed E-state index contributed by atoms with van der Waals surface area (Å²) in [5.41, 5.74) is 1.16. The van der Waals surface area contributed by atoms with Gasteiger partial charge >= 0.3 is 6.09 Å². The maximum Gasteiger partial charge on any atom is 0.415 e. The average Bonchev–Trinajstić information content (AvgIpc) is 3.39. The van der Waals surface area contributed by atoms with E-state index in [9.17, 15) is 4.79 Å². The van der Waals surface area contributed by atoms with E-state index in [1.54, 1.807) is 39.3 Å². The first-order chi connectivity index (χ1) is 15.1. The van der Waals surface area contributed by atoms with Crippen molar-refractivity contribution in [3.8, 4) is 5.75 Å². The van der Waals surface area contributed by atoms with E-state index in [1.165, 1.54) is 0 Å². The van der Waals surface area contributed by atoms with Crippen LogP contribution in [-0.4, -0.2) is 59.6 Å². The molecule has 164 valence electrons. The summed E-state index contributed by atoms with van der Waals surface area (Å²) in [5, 5.41) is 13.3. The average molecular weight is 460 g/mol.